The maximum Gasteiger partial charge on any atom is 0.279 e. The lowest BCUT2D eigenvalue weighted by Crippen LogP contribution is -2.47. The van der Waals surface area contributed by atoms with Crippen molar-refractivity contribution in [3.8, 4) is 0 Å². The number of nitrogens with one attached hydrogen (secondary N) is 2. The summed E-state index contributed by atoms with van der Waals surface area (Å²) in [7, 11) is -3.26. The van der Waals surface area contributed by atoms with Gasteiger partial charge < -0.3 is 5.32 Å². The minimum Gasteiger partial charge on any atom is -0.317 e. The normalized spacial score (nSPS) is 23.5. The summed E-state index contributed by atoms with van der Waals surface area (Å²) in [6, 6.07) is 0. The Balaban J connectivity index is 1.72. The zero-order chi connectivity index (χ0) is 15.1. The molecule has 1 aliphatic carbocycles. The minimum absolute atomic E-state index is 0.541. The molecule has 1 saturated carbocycles. The highest BCUT2D eigenvalue weighted by molar-refractivity contribution is 7.87. The molecular formula is C15H31N3O2S. The SMILES string of the molecule is CCNCC1CCN(S(=O)(=O)NCC2CCCCC2)CC1. The first kappa shape index (κ1) is 17.2. The monoisotopic (exact) mass is 317 g/mol. The predicted octanol–water partition coefficient (Wildman–Crippen LogP) is 1.72. The van der Waals surface area contributed by atoms with Crippen LogP contribution in [-0.2, 0) is 10.2 Å². The van der Waals surface area contributed by atoms with E-state index >= 15 is 0 Å². The molecule has 5 nitrogen and oxygen atoms in total. The van der Waals surface area contributed by atoms with E-state index in [0.29, 0.717) is 31.5 Å². The molecule has 2 aliphatic rings. The molecule has 0 amide bonds. The van der Waals surface area contributed by atoms with E-state index in [-0.39, 0.29) is 0 Å². The molecule has 124 valence electrons. The van der Waals surface area contributed by atoms with Gasteiger partial charge in [0.2, 0.25) is 0 Å². The largest absolute Gasteiger partial charge is 0.317 e. The van der Waals surface area contributed by atoms with Crippen molar-refractivity contribution in [2.24, 2.45) is 11.8 Å². The summed E-state index contributed by atoms with van der Waals surface area (Å²) in [5.74, 6) is 1.16. The molecule has 2 fully saturated rings. The summed E-state index contributed by atoms with van der Waals surface area (Å²) in [5.41, 5.74) is 0. The third-order valence-corrected chi connectivity index (χ3v) is 6.45. The molecular weight excluding hydrogens is 286 g/mol. The van der Waals surface area contributed by atoms with E-state index in [4.69, 9.17) is 0 Å². The first-order valence-electron chi connectivity index (χ1n) is 8.57. The first-order chi connectivity index (χ1) is 10.1. The Labute approximate surface area is 130 Å². The third-order valence-electron chi connectivity index (χ3n) is 4.88. The maximum absolute atomic E-state index is 12.3. The second-order valence-electron chi connectivity index (χ2n) is 6.51. The molecule has 2 rings (SSSR count). The van der Waals surface area contributed by atoms with Crippen LogP contribution in [0, 0.1) is 11.8 Å². The summed E-state index contributed by atoms with van der Waals surface area (Å²) in [6.07, 6.45) is 8.10. The number of nitrogens with zero attached hydrogens (tertiary/aromatic N) is 1. The summed E-state index contributed by atoms with van der Waals surface area (Å²) in [4.78, 5) is 0. The molecule has 0 bridgehead atoms. The Kier molecular flexibility index (Phi) is 6.92. The van der Waals surface area contributed by atoms with Gasteiger partial charge >= 0.3 is 0 Å². The summed E-state index contributed by atoms with van der Waals surface area (Å²) in [6.45, 7) is 6.06. The topological polar surface area (TPSA) is 61.4 Å². The van der Waals surface area contributed by atoms with Crippen LogP contribution in [0.2, 0.25) is 0 Å². The fraction of sp³-hybridized carbons (Fsp3) is 1.00. The Hall–Kier alpha value is -0.170. The van der Waals surface area contributed by atoms with E-state index in [9.17, 15) is 8.42 Å². The van der Waals surface area contributed by atoms with Gasteiger partial charge in [-0.2, -0.15) is 12.7 Å². The Morgan fingerprint density at radius 2 is 1.57 bits per heavy atom. The lowest BCUT2D eigenvalue weighted by atomic mass is 9.90. The highest BCUT2D eigenvalue weighted by atomic mass is 32.2. The zero-order valence-corrected chi connectivity index (χ0v) is 14.1. The molecule has 0 aromatic rings. The third kappa shape index (κ3) is 5.51. The molecule has 1 aliphatic heterocycles. The highest BCUT2D eigenvalue weighted by Gasteiger charge is 2.28. The van der Waals surface area contributed by atoms with Gasteiger partial charge in [0, 0.05) is 19.6 Å². The molecule has 0 aromatic heterocycles. The van der Waals surface area contributed by atoms with Crippen LogP contribution in [0.3, 0.4) is 0 Å². The highest BCUT2D eigenvalue weighted by Crippen LogP contribution is 2.23. The average molecular weight is 317 g/mol. The lowest BCUT2D eigenvalue weighted by Gasteiger charge is -2.32. The van der Waals surface area contributed by atoms with Gasteiger partial charge in [-0.15, -0.1) is 0 Å². The van der Waals surface area contributed by atoms with E-state index in [1.807, 2.05) is 0 Å². The average Bonchev–Trinajstić information content (AvgIpc) is 2.52. The van der Waals surface area contributed by atoms with E-state index in [1.165, 1.54) is 32.1 Å². The van der Waals surface area contributed by atoms with Crippen LogP contribution in [0.4, 0.5) is 0 Å². The van der Waals surface area contributed by atoms with E-state index < -0.39 is 10.2 Å². The van der Waals surface area contributed by atoms with E-state index in [1.54, 1.807) is 4.31 Å². The summed E-state index contributed by atoms with van der Waals surface area (Å²) in [5, 5.41) is 3.36. The molecule has 0 unspecified atom stereocenters. The van der Waals surface area contributed by atoms with Crippen LogP contribution < -0.4 is 10.0 Å². The van der Waals surface area contributed by atoms with Gasteiger partial charge in [0.1, 0.15) is 0 Å². The molecule has 2 N–H and O–H groups in total. The second kappa shape index (κ2) is 8.46. The smallest absolute Gasteiger partial charge is 0.279 e. The molecule has 0 radical (unpaired) electrons. The van der Waals surface area contributed by atoms with Crippen molar-refractivity contribution >= 4 is 10.2 Å². The molecule has 21 heavy (non-hydrogen) atoms. The van der Waals surface area contributed by atoms with Gasteiger partial charge in [0.25, 0.3) is 10.2 Å². The molecule has 6 heteroatoms. The zero-order valence-electron chi connectivity index (χ0n) is 13.3. The molecule has 1 heterocycles. The van der Waals surface area contributed by atoms with Gasteiger partial charge in [0.05, 0.1) is 0 Å². The van der Waals surface area contributed by atoms with Crippen LogP contribution in [0.5, 0.6) is 0 Å². The quantitative estimate of drug-likeness (QED) is 0.751. The van der Waals surface area contributed by atoms with Crippen LogP contribution in [0.15, 0.2) is 0 Å². The van der Waals surface area contributed by atoms with Gasteiger partial charge in [0.15, 0.2) is 0 Å². The fourth-order valence-corrected chi connectivity index (χ4v) is 4.73. The predicted molar refractivity (Wildman–Crippen MR) is 86.3 cm³/mol. The van der Waals surface area contributed by atoms with Crippen molar-refractivity contribution in [2.75, 3.05) is 32.7 Å². The van der Waals surface area contributed by atoms with Crippen LogP contribution in [0.1, 0.15) is 51.9 Å². The summed E-state index contributed by atoms with van der Waals surface area (Å²) < 4.78 is 29.2. The maximum atomic E-state index is 12.3. The van der Waals surface area contributed by atoms with Crippen molar-refractivity contribution in [1.29, 1.82) is 0 Å². The van der Waals surface area contributed by atoms with Gasteiger partial charge in [-0.25, -0.2) is 4.72 Å². The molecule has 0 spiro atoms. The fourth-order valence-electron chi connectivity index (χ4n) is 3.41. The van der Waals surface area contributed by atoms with E-state index in [2.05, 4.69) is 17.0 Å². The molecule has 0 atom stereocenters. The number of hydrogen-bond donors (Lipinski definition) is 2. The summed E-state index contributed by atoms with van der Waals surface area (Å²) >= 11 is 0. The van der Waals surface area contributed by atoms with Crippen LogP contribution >= 0.6 is 0 Å². The van der Waals surface area contributed by atoms with E-state index in [0.717, 1.165) is 25.9 Å². The lowest BCUT2D eigenvalue weighted by molar-refractivity contribution is 0.264. The minimum atomic E-state index is -3.26. The van der Waals surface area contributed by atoms with Crippen molar-refractivity contribution in [3.63, 3.8) is 0 Å². The van der Waals surface area contributed by atoms with Gasteiger partial charge in [-0.1, -0.05) is 26.2 Å². The number of hydrogen-bond acceptors (Lipinski definition) is 3. The Morgan fingerprint density at radius 1 is 0.952 bits per heavy atom. The first-order valence-corrected chi connectivity index (χ1v) is 10.0. The standard InChI is InChI=1S/C15H31N3O2S/c1-2-16-12-15-8-10-18(11-9-15)21(19,20)17-13-14-6-4-3-5-7-14/h14-17H,2-13H2,1H3. The molecule has 1 saturated heterocycles. The van der Waals surface area contributed by atoms with Crippen molar-refractivity contribution < 1.29 is 8.42 Å². The van der Waals surface area contributed by atoms with Crippen LogP contribution in [-0.4, -0.2) is 45.4 Å². The Bertz CT molecular complexity index is 386. The Morgan fingerprint density at radius 3 is 2.19 bits per heavy atom. The van der Waals surface area contributed by atoms with Crippen molar-refractivity contribution in [3.05, 3.63) is 0 Å². The van der Waals surface area contributed by atoms with Crippen molar-refractivity contribution in [2.45, 2.75) is 51.9 Å². The van der Waals surface area contributed by atoms with Gasteiger partial charge in [-0.05, 0) is 50.6 Å². The number of piperidine rings is 1. The van der Waals surface area contributed by atoms with Crippen LogP contribution in [0.25, 0.3) is 0 Å². The number of rotatable bonds is 7. The van der Waals surface area contributed by atoms with Crippen molar-refractivity contribution in [1.82, 2.24) is 14.3 Å². The molecule has 0 aromatic carbocycles. The second-order valence-corrected chi connectivity index (χ2v) is 8.26. The van der Waals surface area contributed by atoms with Gasteiger partial charge in [-0.3, -0.25) is 0 Å².